The summed E-state index contributed by atoms with van der Waals surface area (Å²) in [5.41, 5.74) is 4.11. The van der Waals surface area contributed by atoms with E-state index < -0.39 is 5.60 Å². The third kappa shape index (κ3) is 7.17. The number of amides is 1. The summed E-state index contributed by atoms with van der Waals surface area (Å²) in [6.45, 7) is 10.8. The van der Waals surface area contributed by atoms with Crippen molar-refractivity contribution < 1.29 is 14.3 Å². The Balaban J connectivity index is 1.70. The van der Waals surface area contributed by atoms with Gasteiger partial charge in [0, 0.05) is 36.3 Å². The maximum absolute atomic E-state index is 13.7. The van der Waals surface area contributed by atoms with Crippen LogP contribution in [0.5, 0.6) is 0 Å². The Kier molecular flexibility index (Phi) is 9.16. The van der Waals surface area contributed by atoms with Crippen LogP contribution < -0.4 is 0 Å². The van der Waals surface area contributed by atoms with Gasteiger partial charge in [-0.2, -0.15) is 0 Å². The number of ether oxygens (including phenoxy) is 2. The Morgan fingerprint density at radius 2 is 1.74 bits per heavy atom. The van der Waals surface area contributed by atoms with Crippen molar-refractivity contribution in [1.29, 1.82) is 0 Å². The van der Waals surface area contributed by atoms with Crippen molar-refractivity contribution >= 4 is 17.0 Å². The molecule has 6 heteroatoms. The quantitative estimate of drug-likeness (QED) is 0.343. The summed E-state index contributed by atoms with van der Waals surface area (Å²) >= 11 is 0. The number of aromatic nitrogens is 1. The summed E-state index contributed by atoms with van der Waals surface area (Å²) in [7, 11) is 4.19. The molecule has 1 aromatic heterocycles. The lowest BCUT2D eigenvalue weighted by atomic mass is 9.90. The smallest absolute Gasteiger partial charge is 0.410 e. The van der Waals surface area contributed by atoms with Gasteiger partial charge < -0.3 is 19.4 Å². The number of nitrogens with one attached hydrogen (secondary N) is 1. The standard InChI is InChI=1S/C32H45N3O3/c1-7-23-17-25(22-37-21-24-13-9-8-10-14-24)18-29(35(19-23)31(36)38-32(2,3)4)30-27(20-34(5)6)26-15-11-12-16-28(26)33-30/h8-16,23,25,29,33H,7,17-22H2,1-6H3/t23-,25-,29?/m1/s1. The van der Waals surface area contributed by atoms with Crippen LogP contribution in [0.3, 0.4) is 0 Å². The number of hydrogen-bond acceptors (Lipinski definition) is 4. The van der Waals surface area contributed by atoms with Crippen molar-refractivity contribution in [2.75, 3.05) is 27.2 Å². The van der Waals surface area contributed by atoms with Crippen LogP contribution >= 0.6 is 0 Å². The van der Waals surface area contributed by atoms with E-state index in [0.717, 1.165) is 37.0 Å². The van der Waals surface area contributed by atoms with E-state index in [2.05, 4.69) is 67.3 Å². The van der Waals surface area contributed by atoms with Crippen LogP contribution in [0.4, 0.5) is 4.79 Å². The molecule has 0 saturated carbocycles. The van der Waals surface area contributed by atoms with E-state index in [-0.39, 0.29) is 12.1 Å². The Labute approximate surface area is 228 Å². The first-order valence-corrected chi connectivity index (χ1v) is 14.0. The van der Waals surface area contributed by atoms with Crippen molar-refractivity contribution in [1.82, 2.24) is 14.8 Å². The topological polar surface area (TPSA) is 57.8 Å². The first-order chi connectivity index (χ1) is 18.1. The van der Waals surface area contributed by atoms with Gasteiger partial charge in [-0.05, 0) is 76.7 Å². The number of carbonyl (C=O) groups excluding carboxylic acids is 1. The highest BCUT2D eigenvalue weighted by Gasteiger charge is 2.38. The van der Waals surface area contributed by atoms with E-state index in [1.54, 1.807) is 0 Å². The van der Waals surface area contributed by atoms with Crippen LogP contribution in [-0.2, 0) is 22.6 Å². The molecule has 1 N–H and O–H groups in total. The fraction of sp³-hybridized carbons (Fsp3) is 0.531. The summed E-state index contributed by atoms with van der Waals surface area (Å²) in [6, 6.07) is 18.7. The minimum atomic E-state index is -0.555. The molecule has 3 atom stereocenters. The van der Waals surface area contributed by atoms with Crippen molar-refractivity contribution in [3.8, 4) is 0 Å². The molecule has 0 bridgehead atoms. The lowest BCUT2D eigenvalue weighted by Crippen LogP contribution is -2.41. The van der Waals surface area contributed by atoms with E-state index in [1.165, 1.54) is 16.5 Å². The van der Waals surface area contributed by atoms with Gasteiger partial charge in [0.25, 0.3) is 0 Å². The molecule has 38 heavy (non-hydrogen) atoms. The van der Waals surface area contributed by atoms with E-state index in [9.17, 15) is 4.79 Å². The normalized spacial score (nSPS) is 20.6. The number of aromatic amines is 1. The second-order valence-corrected chi connectivity index (χ2v) is 12.1. The molecule has 6 nitrogen and oxygen atoms in total. The lowest BCUT2D eigenvalue weighted by Gasteiger charge is -2.34. The molecule has 206 valence electrons. The number of H-pyrrole nitrogens is 1. The fourth-order valence-corrected chi connectivity index (χ4v) is 5.63. The molecule has 1 aliphatic heterocycles. The zero-order chi connectivity index (χ0) is 27.3. The van der Waals surface area contributed by atoms with Crippen molar-refractivity contribution in [2.24, 2.45) is 11.8 Å². The van der Waals surface area contributed by atoms with E-state index in [4.69, 9.17) is 9.47 Å². The first-order valence-electron chi connectivity index (χ1n) is 14.0. The Hall–Kier alpha value is -2.83. The van der Waals surface area contributed by atoms with Gasteiger partial charge in [-0.25, -0.2) is 4.79 Å². The molecule has 1 aliphatic rings. The van der Waals surface area contributed by atoms with Crippen LogP contribution in [0, 0.1) is 11.8 Å². The molecule has 0 spiro atoms. The second-order valence-electron chi connectivity index (χ2n) is 12.1. The van der Waals surface area contributed by atoms with Gasteiger partial charge in [-0.15, -0.1) is 0 Å². The third-order valence-electron chi connectivity index (χ3n) is 7.38. The Morgan fingerprint density at radius 3 is 2.42 bits per heavy atom. The first kappa shape index (κ1) is 28.2. The molecule has 1 saturated heterocycles. The molecule has 0 aliphatic carbocycles. The molecule has 0 radical (unpaired) electrons. The van der Waals surface area contributed by atoms with Crippen molar-refractivity contribution in [3.63, 3.8) is 0 Å². The van der Waals surface area contributed by atoms with Crippen molar-refractivity contribution in [3.05, 3.63) is 71.4 Å². The molecular weight excluding hydrogens is 474 g/mol. The van der Waals surface area contributed by atoms with Crippen LogP contribution in [0.1, 0.15) is 69.8 Å². The molecule has 1 unspecified atom stereocenters. The number of rotatable bonds is 8. The van der Waals surface area contributed by atoms with Gasteiger partial charge in [-0.1, -0.05) is 61.9 Å². The molecule has 2 aromatic carbocycles. The highest BCUT2D eigenvalue weighted by atomic mass is 16.6. The minimum Gasteiger partial charge on any atom is -0.444 e. The molecule has 1 fully saturated rings. The predicted octanol–water partition coefficient (Wildman–Crippen LogP) is 7.16. The molecule has 2 heterocycles. The summed E-state index contributed by atoms with van der Waals surface area (Å²) < 4.78 is 12.2. The Bertz CT molecular complexity index is 1180. The summed E-state index contributed by atoms with van der Waals surface area (Å²) in [5.74, 6) is 0.722. The maximum Gasteiger partial charge on any atom is 0.410 e. The molecule has 1 amide bonds. The molecule has 3 aromatic rings. The average Bonchev–Trinajstić information content (AvgIpc) is 3.10. The number of fused-ring (bicyclic) bond motifs is 1. The van der Waals surface area contributed by atoms with Crippen LogP contribution in [0.15, 0.2) is 54.6 Å². The van der Waals surface area contributed by atoms with E-state index in [1.807, 2.05) is 43.9 Å². The van der Waals surface area contributed by atoms with E-state index >= 15 is 0 Å². The number of para-hydroxylation sites is 1. The Morgan fingerprint density at radius 1 is 1.03 bits per heavy atom. The van der Waals surface area contributed by atoms with Gasteiger partial charge >= 0.3 is 6.09 Å². The van der Waals surface area contributed by atoms with Gasteiger partial charge in [0.2, 0.25) is 0 Å². The lowest BCUT2D eigenvalue weighted by molar-refractivity contribution is 0.0119. The summed E-state index contributed by atoms with van der Waals surface area (Å²) in [5, 5.41) is 1.22. The van der Waals surface area contributed by atoms with Gasteiger partial charge in [-0.3, -0.25) is 4.90 Å². The third-order valence-corrected chi connectivity index (χ3v) is 7.38. The van der Waals surface area contributed by atoms with Crippen LogP contribution in [0.2, 0.25) is 0 Å². The predicted molar refractivity (Wildman–Crippen MR) is 154 cm³/mol. The van der Waals surface area contributed by atoms with Crippen LogP contribution in [-0.4, -0.2) is 53.7 Å². The van der Waals surface area contributed by atoms with Crippen molar-refractivity contribution in [2.45, 2.75) is 71.8 Å². The molecule has 4 rings (SSSR count). The van der Waals surface area contributed by atoms with Gasteiger partial charge in [0.05, 0.1) is 12.6 Å². The highest BCUT2D eigenvalue weighted by molar-refractivity contribution is 5.85. The minimum absolute atomic E-state index is 0.117. The van der Waals surface area contributed by atoms with Crippen LogP contribution in [0.25, 0.3) is 10.9 Å². The number of nitrogens with zero attached hydrogens (tertiary/aromatic N) is 2. The fourth-order valence-electron chi connectivity index (χ4n) is 5.63. The zero-order valence-electron chi connectivity index (χ0n) is 24.0. The van der Waals surface area contributed by atoms with Gasteiger partial charge in [0.1, 0.15) is 5.60 Å². The maximum atomic E-state index is 13.7. The number of likely N-dealkylation sites (tertiary alicyclic amines) is 1. The summed E-state index contributed by atoms with van der Waals surface area (Å²) in [4.78, 5) is 21.6. The van der Waals surface area contributed by atoms with Gasteiger partial charge in [0.15, 0.2) is 0 Å². The number of benzene rings is 2. The average molecular weight is 520 g/mol. The number of hydrogen-bond donors (Lipinski definition) is 1. The molecular formula is C32H45N3O3. The second kappa shape index (κ2) is 12.4. The largest absolute Gasteiger partial charge is 0.444 e. The van der Waals surface area contributed by atoms with E-state index in [0.29, 0.717) is 31.6 Å². The summed E-state index contributed by atoms with van der Waals surface area (Å²) in [6.07, 6.45) is 2.64. The SMILES string of the molecule is CC[C@@H]1C[C@@H](COCc2ccccc2)CC(c2[nH]c3ccccc3c2CN(C)C)N(C(=O)OC(C)(C)C)C1. The monoisotopic (exact) mass is 519 g/mol. The highest BCUT2D eigenvalue weighted by Crippen LogP contribution is 2.40. The number of carbonyl (C=O) groups is 1. The zero-order valence-corrected chi connectivity index (χ0v) is 24.0.